The van der Waals surface area contributed by atoms with Gasteiger partial charge < -0.3 is 24.8 Å². The highest BCUT2D eigenvalue weighted by Gasteiger charge is 2.06. The van der Waals surface area contributed by atoms with Gasteiger partial charge in [0.2, 0.25) is 5.88 Å². The molecular weight excluding hydrogens is 332 g/mol. The van der Waals surface area contributed by atoms with E-state index in [0.29, 0.717) is 38.1 Å². The average molecular weight is 358 g/mol. The van der Waals surface area contributed by atoms with Crippen molar-refractivity contribution in [1.82, 2.24) is 15.6 Å². The minimum atomic E-state index is 0.463. The number of hydrogen-bond acceptors (Lipinski definition) is 5. The lowest BCUT2D eigenvalue weighted by atomic mass is 10.2. The van der Waals surface area contributed by atoms with Crippen LogP contribution in [0.4, 0.5) is 0 Å². The van der Waals surface area contributed by atoms with Crippen molar-refractivity contribution < 1.29 is 14.2 Å². The standard InChI is InChI=1S/C19H26N4O3/c1-20-19(22-13-15-6-8-17(25-3)9-7-15)23-14-16-5-4-10-21-18(16)26-12-11-24-2/h4-10H,11-14H2,1-3H3,(H2,20,22,23). The maximum atomic E-state index is 5.65. The molecule has 0 aliphatic rings. The van der Waals surface area contributed by atoms with E-state index < -0.39 is 0 Å². The third kappa shape index (κ3) is 6.25. The van der Waals surface area contributed by atoms with E-state index in [-0.39, 0.29) is 0 Å². The van der Waals surface area contributed by atoms with Gasteiger partial charge in [0.15, 0.2) is 5.96 Å². The van der Waals surface area contributed by atoms with Crippen LogP contribution >= 0.6 is 0 Å². The van der Waals surface area contributed by atoms with Gasteiger partial charge in [-0.15, -0.1) is 0 Å². The predicted octanol–water partition coefficient (Wildman–Crippen LogP) is 1.98. The third-order valence-electron chi connectivity index (χ3n) is 3.67. The summed E-state index contributed by atoms with van der Waals surface area (Å²) in [5.74, 6) is 2.14. The zero-order chi connectivity index (χ0) is 18.6. The van der Waals surface area contributed by atoms with E-state index in [1.54, 1.807) is 27.5 Å². The van der Waals surface area contributed by atoms with E-state index in [0.717, 1.165) is 16.9 Å². The lowest BCUT2D eigenvalue weighted by molar-refractivity contribution is 0.143. The van der Waals surface area contributed by atoms with Gasteiger partial charge in [-0.3, -0.25) is 4.99 Å². The van der Waals surface area contributed by atoms with Crippen molar-refractivity contribution in [3.05, 3.63) is 53.7 Å². The molecule has 0 unspecified atom stereocenters. The molecule has 0 bridgehead atoms. The number of pyridine rings is 1. The largest absolute Gasteiger partial charge is 0.497 e. The smallest absolute Gasteiger partial charge is 0.218 e. The number of nitrogens with zero attached hydrogens (tertiary/aromatic N) is 2. The number of rotatable bonds is 9. The summed E-state index contributed by atoms with van der Waals surface area (Å²) in [6, 6.07) is 11.8. The molecule has 2 N–H and O–H groups in total. The van der Waals surface area contributed by atoms with Crippen molar-refractivity contribution in [1.29, 1.82) is 0 Å². The number of nitrogens with one attached hydrogen (secondary N) is 2. The molecule has 2 aromatic rings. The van der Waals surface area contributed by atoms with E-state index >= 15 is 0 Å². The zero-order valence-corrected chi connectivity index (χ0v) is 15.5. The maximum Gasteiger partial charge on any atom is 0.218 e. The van der Waals surface area contributed by atoms with Gasteiger partial charge in [0.05, 0.1) is 13.7 Å². The summed E-state index contributed by atoms with van der Waals surface area (Å²) in [5.41, 5.74) is 2.09. The first-order valence-electron chi connectivity index (χ1n) is 8.40. The van der Waals surface area contributed by atoms with E-state index in [1.807, 2.05) is 36.4 Å². The highest BCUT2D eigenvalue weighted by Crippen LogP contribution is 2.14. The number of aromatic nitrogens is 1. The van der Waals surface area contributed by atoms with Crippen LogP contribution in [-0.4, -0.2) is 45.4 Å². The van der Waals surface area contributed by atoms with Crippen molar-refractivity contribution in [3.8, 4) is 11.6 Å². The van der Waals surface area contributed by atoms with Crippen LogP contribution in [0.25, 0.3) is 0 Å². The second-order valence-electron chi connectivity index (χ2n) is 5.44. The summed E-state index contributed by atoms with van der Waals surface area (Å²) >= 11 is 0. The highest BCUT2D eigenvalue weighted by molar-refractivity contribution is 5.79. The molecule has 0 amide bonds. The van der Waals surface area contributed by atoms with Crippen molar-refractivity contribution in [2.75, 3.05) is 34.5 Å². The molecule has 0 spiro atoms. The molecule has 2 rings (SSSR count). The van der Waals surface area contributed by atoms with Crippen LogP contribution in [0, 0.1) is 0 Å². The molecule has 1 heterocycles. The van der Waals surface area contributed by atoms with Gasteiger partial charge in [-0.2, -0.15) is 0 Å². The molecule has 0 aliphatic heterocycles. The first kappa shape index (κ1) is 19.5. The number of guanidine groups is 1. The first-order chi connectivity index (χ1) is 12.8. The average Bonchev–Trinajstić information content (AvgIpc) is 2.69. The molecule has 0 aliphatic carbocycles. The summed E-state index contributed by atoms with van der Waals surface area (Å²) < 4.78 is 15.8. The summed E-state index contributed by atoms with van der Waals surface area (Å²) in [4.78, 5) is 8.52. The lowest BCUT2D eigenvalue weighted by Gasteiger charge is -2.14. The summed E-state index contributed by atoms with van der Waals surface area (Å²) in [7, 11) is 5.04. The number of methoxy groups -OCH3 is 2. The molecule has 7 nitrogen and oxygen atoms in total. The Balaban J connectivity index is 1.86. The number of ether oxygens (including phenoxy) is 3. The fourth-order valence-electron chi connectivity index (χ4n) is 2.24. The van der Waals surface area contributed by atoms with E-state index in [4.69, 9.17) is 14.2 Å². The SMILES string of the molecule is CN=C(NCc1ccc(OC)cc1)NCc1cccnc1OCCOC. The Morgan fingerprint density at radius 3 is 2.50 bits per heavy atom. The monoisotopic (exact) mass is 358 g/mol. The molecule has 1 aromatic carbocycles. The fraction of sp³-hybridized carbons (Fsp3) is 0.368. The van der Waals surface area contributed by atoms with Gasteiger partial charge in [0, 0.05) is 39.0 Å². The highest BCUT2D eigenvalue weighted by atomic mass is 16.5. The Morgan fingerprint density at radius 1 is 1.04 bits per heavy atom. The van der Waals surface area contributed by atoms with Crippen LogP contribution in [-0.2, 0) is 17.8 Å². The summed E-state index contributed by atoms with van der Waals surface area (Å²) in [6.07, 6.45) is 1.71. The van der Waals surface area contributed by atoms with Gasteiger partial charge in [0.25, 0.3) is 0 Å². The normalized spacial score (nSPS) is 11.1. The zero-order valence-electron chi connectivity index (χ0n) is 15.5. The Kier molecular flexibility index (Phi) is 8.21. The molecular formula is C19H26N4O3. The molecule has 0 atom stereocenters. The number of benzene rings is 1. The van der Waals surface area contributed by atoms with Crippen LogP contribution in [0.1, 0.15) is 11.1 Å². The van der Waals surface area contributed by atoms with Gasteiger partial charge in [0.1, 0.15) is 12.4 Å². The quantitative estimate of drug-likeness (QED) is 0.405. The predicted molar refractivity (Wildman–Crippen MR) is 102 cm³/mol. The number of hydrogen-bond donors (Lipinski definition) is 2. The molecule has 1 aromatic heterocycles. The Bertz CT molecular complexity index is 689. The third-order valence-corrected chi connectivity index (χ3v) is 3.67. The molecule has 0 saturated heterocycles. The minimum Gasteiger partial charge on any atom is -0.497 e. The first-order valence-corrected chi connectivity index (χ1v) is 8.40. The second-order valence-corrected chi connectivity index (χ2v) is 5.44. The van der Waals surface area contributed by atoms with Crippen molar-refractivity contribution in [3.63, 3.8) is 0 Å². The molecule has 0 saturated carbocycles. The van der Waals surface area contributed by atoms with Crippen molar-refractivity contribution in [2.45, 2.75) is 13.1 Å². The van der Waals surface area contributed by atoms with Gasteiger partial charge in [-0.25, -0.2) is 4.98 Å². The van der Waals surface area contributed by atoms with Gasteiger partial charge in [-0.1, -0.05) is 18.2 Å². The minimum absolute atomic E-state index is 0.463. The second kappa shape index (κ2) is 10.9. The Hall–Kier alpha value is -2.80. The van der Waals surface area contributed by atoms with Gasteiger partial charge >= 0.3 is 0 Å². The van der Waals surface area contributed by atoms with Crippen LogP contribution in [0.2, 0.25) is 0 Å². The number of aliphatic imine (C=N–C) groups is 1. The molecule has 7 heteroatoms. The fourth-order valence-corrected chi connectivity index (χ4v) is 2.24. The molecule has 0 fully saturated rings. The Morgan fingerprint density at radius 2 is 1.81 bits per heavy atom. The van der Waals surface area contributed by atoms with Crippen LogP contribution in [0.3, 0.4) is 0 Å². The van der Waals surface area contributed by atoms with E-state index in [1.165, 1.54) is 0 Å². The summed E-state index contributed by atoms with van der Waals surface area (Å²) in [5, 5.41) is 6.55. The molecule has 26 heavy (non-hydrogen) atoms. The van der Waals surface area contributed by atoms with Gasteiger partial charge in [-0.05, 0) is 23.8 Å². The van der Waals surface area contributed by atoms with E-state index in [2.05, 4.69) is 20.6 Å². The molecule has 140 valence electrons. The lowest BCUT2D eigenvalue weighted by Crippen LogP contribution is -2.36. The Labute approximate surface area is 154 Å². The maximum absolute atomic E-state index is 5.65. The van der Waals surface area contributed by atoms with Crippen molar-refractivity contribution >= 4 is 5.96 Å². The molecule has 0 radical (unpaired) electrons. The van der Waals surface area contributed by atoms with Crippen LogP contribution < -0.4 is 20.1 Å². The van der Waals surface area contributed by atoms with E-state index in [9.17, 15) is 0 Å². The van der Waals surface area contributed by atoms with Crippen LogP contribution in [0.5, 0.6) is 11.6 Å². The topological polar surface area (TPSA) is 77.0 Å². The van der Waals surface area contributed by atoms with Crippen molar-refractivity contribution in [2.24, 2.45) is 4.99 Å². The summed E-state index contributed by atoms with van der Waals surface area (Å²) in [6.45, 7) is 2.20. The van der Waals surface area contributed by atoms with Crippen LogP contribution in [0.15, 0.2) is 47.6 Å².